The second-order valence-corrected chi connectivity index (χ2v) is 5.63. The minimum absolute atomic E-state index is 0.0726. The van der Waals surface area contributed by atoms with Crippen LogP contribution in [0.2, 0.25) is 0 Å². The van der Waals surface area contributed by atoms with Gasteiger partial charge in [0.25, 0.3) is 0 Å². The molecule has 2 unspecified atom stereocenters. The molecule has 92 valence electrons. The molecule has 1 aromatic rings. The molecular formula is C13H17BrN2O. The maximum absolute atomic E-state index is 12.0. The van der Waals surface area contributed by atoms with Crippen LogP contribution in [0.3, 0.4) is 0 Å². The van der Waals surface area contributed by atoms with Crippen LogP contribution in [0.25, 0.3) is 0 Å². The summed E-state index contributed by atoms with van der Waals surface area (Å²) in [4.78, 5) is 12.0. The lowest BCUT2D eigenvalue weighted by Crippen LogP contribution is -2.23. The van der Waals surface area contributed by atoms with E-state index in [2.05, 4.69) is 21.2 Å². The zero-order chi connectivity index (χ0) is 12.4. The van der Waals surface area contributed by atoms with Crippen LogP contribution in [0.5, 0.6) is 0 Å². The highest BCUT2D eigenvalue weighted by molar-refractivity contribution is 9.10. The molecule has 0 radical (unpaired) electrons. The maximum Gasteiger partial charge on any atom is 0.227 e. The monoisotopic (exact) mass is 296 g/mol. The van der Waals surface area contributed by atoms with Gasteiger partial charge in [0.15, 0.2) is 0 Å². The molecule has 0 saturated heterocycles. The average Bonchev–Trinajstić information content (AvgIpc) is 2.70. The van der Waals surface area contributed by atoms with Gasteiger partial charge in [-0.25, -0.2) is 0 Å². The van der Waals surface area contributed by atoms with E-state index in [-0.39, 0.29) is 17.9 Å². The van der Waals surface area contributed by atoms with Gasteiger partial charge in [0.05, 0.1) is 0 Å². The lowest BCUT2D eigenvalue weighted by Gasteiger charge is -2.13. The number of aryl methyl sites for hydroxylation is 1. The lowest BCUT2D eigenvalue weighted by molar-refractivity contribution is -0.119. The first-order valence-electron chi connectivity index (χ1n) is 5.89. The summed E-state index contributed by atoms with van der Waals surface area (Å²) in [6.45, 7) is 1.99. The fourth-order valence-electron chi connectivity index (χ4n) is 2.22. The van der Waals surface area contributed by atoms with Gasteiger partial charge < -0.3 is 11.1 Å². The van der Waals surface area contributed by atoms with Gasteiger partial charge in [0.1, 0.15) is 0 Å². The highest BCUT2D eigenvalue weighted by Gasteiger charge is 2.27. The highest BCUT2D eigenvalue weighted by Crippen LogP contribution is 2.27. The predicted molar refractivity (Wildman–Crippen MR) is 72.8 cm³/mol. The number of halogens is 1. The maximum atomic E-state index is 12.0. The first-order valence-corrected chi connectivity index (χ1v) is 6.68. The van der Waals surface area contributed by atoms with Gasteiger partial charge in [0.2, 0.25) is 5.91 Å². The Hall–Kier alpha value is -0.870. The van der Waals surface area contributed by atoms with Crippen LogP contribution in [0, 0.1) is 12.8 Å². The van der Waals surface area contributed by atoms with Crippen molar-refractivity contribution < 1.29 is 4.79 Å². The van der Waals surface area contributed by atoms with Crippen LogP contribution in [-0.2, 0) is 4.79 Å². The molecule has 3 nitrogen and oxygen atoms in total. The molecule has 2 atom stereocenters. The topological polar surface area (TPSA) is 55.1 Å². The molecule has 2 rings (SSSR count). The van der Waals surface area contributed by atoms with E-state index in [1.165, 1.54) is 0 Å². The second-order valence-electron chi connectivity index (χ2n) is 4.72. The number of benzene rings is 1. The third-order valence-electron chi connectivity index (χ3n) is 3.30. The number of nitrogens with one attached hydrogen (secondary N) is 1. The van der Waals surface area contributed by atoms with Crippen molar-refractivity contribution in [2.24, 2.45) is 11.7 Å². The molecule has 1 saturated carbocycles. The number of amides is 1. The predicted octanol–water partition coefficient (Wildman–Crippen LogP) is 2.82. The van der Waals surface area contributed by atoms with Gasteiger partial charge in [-0.15, -0.1) is 0 Å². The zero-order valence-electron chi connectivity index (χ0n) is 9.87. The summed E-state index contributed by atoms with van der Waals surface area (Å²) in [5.41, 5.74) is 7.78. The molecule has 1 aliphatic rings. The molecule has 1 amide bonds. The summed E-state index contributed by atoms with van der Waals surface area (Å²) in [6, 6.07) is 6.08. The third-order valence-corrected chi connectivity index (χ3v) is 3.79. The largest absolute Gasteiger partial charge is 0.328 e. The molecule has 4 heteroatoms. The summed E-state index contributed by atoms with van der Waals surface area (Å²) in [5, 5.41) is 2.99. The number of carbonyl (C=O) groups excluding carboxylic acids is 1. The quantitative estimate of drug-likeness (QED) is 0.882. The number of carbonyl (C=O) groups is 1. The van der Waals surface area contributed by atoms with Gasteiger partial charge in [0, 0.05) is 22.1 Å². The van der Waals surface area contributed by atoms with Crippen LogP contribution in [-0.4, -0.2) is 11.9 Å². The summed E-state index contributed by atoms with van der Waals surface area (Å²) < 4.78 is 0.974. The fraction of sp³-hybridized carbons (Fsp3) is 0.462. The van der Waals surface area contributed by atoms with Crippen LogP contribution in [0.4, 0.5) is 5.69 Å². The normalized spacial score (nSPS) is 23.7. The van der Waals surface area contributed by atoms with E-state index in [9.17, 15) is 4.79 Å². The van der Waals surface area contributed by atoms with Crippen molar-refractivity contribution in [3.63, 3.8) is 0 Å². The average molecular weight is 297 g/mol. The molecule has 0 heterocycles. The molecule has 0 aliphatic heterocycles. The minimum Gasteiger partial charge on any atom is -0.328 e. The van der Waals surface area contributed by atoms with Crippen molar-refractivity contribution in [1.82, 2.24) is 0 Å². The highest BCUT2D eigenvalue weighted by atomic mass is 79.9. The van der Waals surface area contributed by atoms with Gasteiger partial charge in [-0.05, 0) is 43.9 Å². The van der Waals surface area contributed by atoms with Crippen molar-refractivity contribution in [1.29, 1.82) is 0 Å². The van der Waals surface area contributed by atoms with Crippen molar-refractivity contribution >= 4 is 27.5 Å². The van der Waals surface area contributed by atoms with Crippen molar-refractivity contribution in [2.45, 2.75) is 32.2 Å². The number of hydrogen-bond donors (Lipinski definition) is 2. The van der Waals surface area contributed by atoms with Gasteiger partial charge in [-0.2, -0.15) is 0 Å². The van der Waals surface area contributed by atoms with E-state index >= 15 is 0 Å². The third kappa shape index (κ3) is 3.07. The van der Waals surface area contributed by atoms with Crippen LogP contribution in [0.1, 0.15) is 24.8 Å². The summed E-state index contributed by atoms with van der Waals surface area (Å²) >= 11 is 3.41. The molecule has 3 N–H and O–H groups in total. The molecule has 0 aromatic heterocycles. The van der Waals surface area contributed by atoms with E-state index in [1.54, 1.807) is 0 Å². The first-order chi connectivity index (χ1) is 8.06. The number of anilines is 1. The smallest absolute Gasteiger partial charge is 0.227 e. The Morgan fingerprint density at radius 3 is 2.88 bits per heavy atom. The first kappa shape index (κ1) is 12.6. The van der Waals surface area contributed by atoms with Crippen molar-refractivity contribution in [2.75, 3.05) is 5.32 Å². The second kappa shape index (κ2) is 5.19. The van der Waals surface area contributed by atoms with Gasteiger partial charge in [-0.3, -0.25) is 4.79 Å². The summed E-state index contributed by atoms with van der Waals surface area (Å²) in [6.07, 6.45) is 2.66. The molecule has 1 aliphatic carbocycles. The molecule has 0 spiro atoms. The lowest BCUT2D eigenvalue weighted by atomic mass is 10.1. The van der Waals surface area contributed by atoms with E-state index in [0.29, 0.717) is 0 Å². The minimum atomic E-state index is 0.0726. The van der Waals surface area contributed by atoms with Gasteiger partial charge >= 0.3 is 0 Å². The fourth-order valence-corrected chi connectivity index (χ4v) is 2.58. The number of hydrogen-bond acceptors (Lipinski definition) is 2. The number of rotatable bonds is 2. The standard InChI is InChI=1S/C13H17BrN2O/c1-8-2-4-10(14)7-12(8)16-13(17)9-3-5-11(15)6-9/h2,4,7,9,11H,3,5-6,15H2,1H3,(H,16,17). The molecule has 1 fully saturated rings. The SMILES string of the molecule is Cc1ccc(Br)cc1NC(=O)C1CCC(N)C1. The van der Waals surface area contributed by atoms with Crippen LogP contribution < -0.4 is 11.1 Å². The Bertz CT molecular complexity index is 433. The Morgan fingerprint density at radius 2 is 2.24 bits per heavy atom. The van der Waals surface area contributed by atoms with Crippen LogP contribution >= 0.6 is 15.9 Å². The van der Waals surface area contributed by atoms with Crippen LogP contribution in [0.15, 0.2) is 22.7 Å². The Morgan fingerprint density at radius 1 is 1.47 bits per heavy atom. The number of nitrogens with two attached hydrogens (primary N) is 1. The molecular weight excluding hydrogens is 280 g/mol. The van der Waals surface area contributed by atoms with Crippen molar-refractivity contribution in [3.05, 3.63) is 28.2 Å². The van der Waals surface area contributed by atoms with Gasteiger partial charge in [-0.1, -0.05) is 22.0 Å². The van der Waals surface area contributed by atoms with E-state index in [4.69, 9.17) is 5.73 Å². The Kier molecular flexibility index (Phi) is 3.84. The molecule has 1 aromatic carbocycles. The summed E-state index contributed by atoms with van der Waals surface area (Å²) in [5.74, 6) is 0.169. The molecule has 0 bridgehead atoms. The zero-order valence-corrected chi connectivity index (χ0v) is 11.5. The van der Waals surface area contributed by atoms with E-state index < -0.39 is 0 Å². The Labute approximate surface area is 110 Å². The van der Waals surface area contributed by atoms with E-state index in [0.717, 1.165) is 35.0 Å². The van der Waals surface area contributed by atoms with E-state index in [1.807, 2.05) is 25.1 Å². The summed E-state index contributed by atoms with van der Waals surface area (Å²) in [7, 11) is 0. The molecule has 17 heavy (non-hydrogen) atoms. The Balaban J connectivity index is 2.05. The van der Waals surface area contributed by atoms with Crippen molar-refractivity contribution in [3.8, 4) is 0 Å².